The Balaban J connectivity index is 2.30. The van der Waals surface area contributed by atoms with Crippen molar-refractivity contribution in [1.82, 2.24) is 14.8 Å². The lowest BCUT2D eigenvalue weighted by atomic mass is 10.1. The molecule has 20 heavy (non-hydrogen) atoms. The molecule has 2 unspecified atom stereocenters. The van der Waals surface area contributed by atoms with Crippen molar-refractivity contribution in [3.63, 3.8) is 0 Å². The van der Waals surface area contributed by atoms with Crippen LogP contribution in [0.15, 0.2) is 34.2 Å². The highest BCUT2D eigenvalue weighted by molar-refractivity contribution is 7.99. The van der Waals surface area contributed by atoms with Gasteiger partial charge in [-0.15, -0.1) is 5.10 Å². The lowest BCUT2D eigenvalue weighted by molar-refractivity contribution is 0.652. The Kier molecular flexibility index (Phi) is 4.67. The molecule has 2 rings (SSSR count). The van der Waals surface area contributed by atoms with Gasteiger partial charge in [0.15, 0.2) is 5.16 Å². The van der Waals surface area contributed by atoms with Gasteiger partial charge in [0, 0.05) is 12.6 Å². The largest absolute Gasteiger partial charge is 0.343 e. The topological polar surface area (TPSA) is 76.7 Å². The fraction of sp³-hybridized carbons (Fsp3) is 0.429. The van der Waals surface area contributed by atoms with Crippen molar-refractivity contribution in [1.29, 1.82) is 0 Å². The van der Waals surface area contributed by atoms with Crippen LogP contribution in [-0.4, -0.2) is 20.8 Å². The third kappa shape index (κ3) is 3.13. The summed E-state index contributed by atoms with van der Waals surface area (Å²) in [5.41, 5.74) is 8.29. The van der Waals surface area contributed by atoms with Gasteiger partial charge in [0.05, 0.1) is 5.25 Å². The van der Waals surface area contributed by atoms with E-state index >= 15 is 0 Å². The summed E-state index contributed by atoms with van der Waals surface area (Å²) in [5.74, 6) is 0. The monoisotopic (exact) mass is 292 g/mol. The summed E-state index contributed by atoms with van der Waals surface area (Å²) in [5, 5.41) is 7.32. The van der Waals surface area contributed by atoms with Crippen molar-refractivity contribution in [3.8, 4) is 0 Å². The Hall–Kier alpha value is -1.53. The van der Waals surface area contributed by atoms with Crippen LogP contribution in [0.25, 0.3) is 0 Å². The summed E-state index contributed by atoms with van der Waals surface area (Å²) in [6.07, 6.45) is 0. The van der Waals surface area contributed by atoms with E-state index in [4.69, 9.17) is 5.73 Å². The van der Waals surface area contributed by atoms with E-state index in [-0.39, 0.29) is 17.0 Å². The SMILES string of the molecule is CCn1c(SC(c2ccc(C)cc2)C(C)N)n[nH]c1=O. The van der Waals surface area contributed by atoms with Gasteiger partial charge in [-0.1, -0.05) is 41.6 Å². The van der Waals surface area contributed by atoms with Crippen molar-refractivity contribution in [2.75, 3.05) is 0 Å². The second kappa shape index (κ2) is 6.28. The number of rotatable bonds is 5. The van der Waals surface area contributed by atoms with Gasteiger partial charge in [-0.2, -0.15) is 0 Å². The van der Waals surface area contributed by atoms with E-state index < -0.39 is 0 Å². The molecule has 2 atom stereocenters. The minimum absolute atomic E-state index is 0.0418. The number of aromatic nitrogens is 3. The molecule has 0 saturated heterocycles. The van der Waals surface area contributed by atoms with Gasteiger partial charge in [0.2, 0.25) is 0 Å². The summed E-state index contributed by atoms with van der Waals surface area (Å²) in [6.45, 7) is 6.55. The molecule has 108 valence electrons. The van der Waals surface area contributed by atoms with E-state index in [0.29, 0.717) is 11.7 Å². The molecule has 2 aromatic rings. The Labute approximate surface area is 122 Å². The van der Waals surface area contributed by atoms with E-state index in [9.17, 15) is 4.79 Å². The summed E-state index contributed by atoms with van der Waals surface area (Å²) in [4.78, 5) is 11.6. The summed E-state index contributed by atoms with van der Waals surface area (Å²) < 4.78 is 1.62. The van der Waals surface area contributed by atoms with E-state index in [2.05, 4.69) is 41.4 Å². The maximum Gasteiger partial charge on any atom is 0.343 e. The third-order valence-corrected chi connectivity index (χ3v) is 4.63. The molecule has 0 amide bonds. The second-order valence-corrected chi connectivity index (χ2v) is 5.97. The molecule has 0 aliphatic carbocycles. The van der Waals surface area contributed by atoms with Crippen molar-refractivity contribution >= 4 is 11.8 Å². The standard InChI is InChI=1S/C14H20N4OS/c1-4-18-13(19)16-17-14(18)20-12(10(3)15)11-7-5-9(2)6-8-11/h5-8,10,12H,4,15H2,1-3H3,(H,16,19). The number of hydrogen-bond acceptors (Lipinski definition) is 4. The molecule has 1 heterocycles. The van der Waals surface area contributed by atoms with Crippen LogP contribution in [0.5, 0.6) is 0 Å². The summed E-state index contributed by atoms with van der Waals surface area (Å²) >= 11 is 1.52. The van der Waals surface area contributed by atoms with Gasteiger partial charge in [0.1, 0.15) is 0 Å². The minimum Gasteiger partial charge on any atom is -0.327 e. The first-order valence-electron chi connectivity index (χ1n) is 6.67. The quantitative estimate of drug-likeness (QED) is 0.827. The van der Waals surface area contributed by atoms with Gasteiger partial charge in [-0.25, -0.2) is 9.89 Å². The molecular weight excluding hydrogens is 272 g/mol. The van der Waals surface area contributed by atoms with Crippen LogP contribution >= 0.6 is 11.8 Å². The number of nitrogens with two attached hydrogens (primary N) is 1. The molecule has 1 aromatic heterocycles. The van der Waals surface area contributed by atoms with Crippen LogP contribution in [0.3, 0.4) is 0 Å². The zero-order chi connectivity index (χ0) is 14.7. The van der Waals surface area contributed by atoms with Crippen LogP contribution in [0.2, 0.25) is 0 Å². The Morgan fingerprint density at radius 1 is 1.40 bits per heavy atom. The zero-order valence-corrected chi connectivity index (χ0v) is 12.8. The predicted molar refractivity (Wildman–Crippen MR) is 81.9 cm³/mol. The first kappa shape index (κ1) is 14.9. The van der Waals surface area contributed by atoms with Gasteiger partial charge in [0.25, 0.3) is 0 Å². The molecule has 0 aliphatic rings. The van der Waals surface area contributed by atoms with E-state index in [0.717, 1.165) is 5.56 Å². The molecule has 0 spiro atoms. The highest BCUT2D eigenvalue weighted by atomic mass is 32.2. The number of nitrogens with zero attached hydrogens (tertiary/aromatic N) is 2. The van der Waals surface area contributed by atoms with Crippen molar-refractivity contribution in [2.24, 2.45) is 5.73 Å². The van der Waals surface area contributed by atoms with Crippen LogP contribution in [0, 0.1) is 6.92 Å². The third-order valence-electron chi connectivity index (χ3n) is 3.16. The number of benzene rings is 1. The Morgan fingerprint density at radius 2 is 2.05 bits per heavy atom. The fourth-order valence-electron chi connectivity index (χ4n) is 2.02. The maximum absolute atomic E-state index is 11.6. The van der Waals surface area contributed by atoms with Crippen molar-refractivity contribution < 1.29 is 0 Å². The van der Waals surface area contributed by atoms with Crippen LogP contribution < -0.4 is 11.4 Å². The van der Waals surface area contributed by atoms with Crippen LogP contribution in [-0.2, 0) is 6.54 Å². The maximum atomic E-state index is 11.6. The number of hydrogen-bond donors (Lipinski definition) is 2. The molecule has 0 saturated carbocycles. The molecule has 3 N–H and O–H groups in total. The molecule has 6 heteroatoms. The number of aromatic amines is 1. The van der Waals surface area contributed by atoms with Crippen molar-refractivity contribution in [2.45, 2.75) is 43.8 Å². The average Bonchev–Trinajstić information content (AvgIpc) is 2.77. The predicted octanol–water partition coefficient (Wildman–Crippen LogP) is 2.08. The number of nitrogens with one attached hydrogen (secondary N) is 1. The van der Waals surface area contributed by atoms with E-state index in [1.54, 1.807) is 4.57 Å². The van der Waals surface area contributed by atoms with Gasteiger partial charge in [-0.05, 0) is 26.3 Å². The van der Waals surface area contributed by atoms with Gasteiger partial charge < -0.3 is 5.73 Å². The normalized spacial score (nSPS) is 14.2. The molecular formula is C14H20N4OS. The molecule has 5 nitrogen and oxygen atoms in total. The Bertz CT molecular complexity index is 615. The molecule has 0 fully saturated rings. The van der Waals surface area contributed by atoms with E-state index in [1.165, 1.54) is 17.3 Å². The summed E-state index contributed by atoms with van der Waals surface area (Å²) in [7, 11) is 0. The molecule has 0 radical (unpaired) electrons. The van der Waals surface area contributed by atoms with Gasteiger partial charge in [-0.3, -0.25) is 4.57 Å². The molecule has 0 aliphatic heterocycles. The van der Waals surface area contributed by atoms with Gasteiger partial charge >= 0.3 is 5.69 Å². The first-order chi connectivity index (χ1) is 9.52. The second-order valence-electron chi connectivity index (χ2n) is 4.86. The highest BCUT2D eigenvalue weighted by Gasteiger charge is 2.21. The highest BCUT2D eigenvalue weighted by Crippen LogP contribution is 2.35. The smallest absolute Gasteiger partial charge is 0.327 e. The summed E-state index contributed by atoms with van der Waals surface area (Å²) in [6, 6.07) is 8.26. The Morgan fingerprint density at radius 3 is 2.60 bits per heavy atom. The van der Waals surface area contributed by atoms with Crippen molar-refractivity contribution in [3.05, 3.63) is 45.9 Å². The zero-order valence-electron chi connectivity index (χ0n) is 12.0. The fourth-order valence-corrected chi connectivity index (χ4v) is 3.19. The van der Waals surface area contributed by atoms with Crippen LogP contribution in [0.1, 0.15) is 30.2 Å². The average molecular weight is 292 g/mol. The first-order valence-corrected chi connectivity index (χ1v) is 7.55. The minimum atomic E-state index is -0.178. The number of H-pyrrole nitrogens is 1. The molecule has 0 bridgehead atoms. The van der Waals surface area contributed by atoms with E-state index in [1.807, 2.05) is 13.8 Å². The number of thioether (sulfide) groups is 1. The van der Waals surface area contributed by atoms with Crippen LogP contribution in [0.4, 0.5) is 0 Å². The lowest BCUT2D eigenvalue weighted by Gasteiger charge is -2.20. The lowest BCUT2D eigenvalue weighted by Crippen LogP contribution is -2.23. The molecule has 1 aromatic carbocycles. The number of aryl methyl sites for hydroxylation is 1.